The summed E-state index contributed by atoms with van der Waals surface area (Å²) in [4.78, 5) is 22.5. The first-order valence-electron chi connectivity index (χ1n) is 9.58. The zero-order chi connectivity index (χ0) is 21.8. The highest BCUT2D eigenvalue weighted by Crippen LogP contribution is 2.35. The number of alkyl halides is 3. The first-order valence-corrected chi connectivity index (χ1v) is 9.58. The van der Waals surface area contributed by atoms with E-state index in [0.717, 1.165) is 12.1 Å². The van der Waals surface area contributed by atoms with Gasteiger partial charge in [0.15, 0.2) is 6.61 Å². The van der Waals surface area contributed by atoms with Gasteiger partial charge in [-0.05, 0) is 30.3 Å². The third kappa shape index (κ3) is 4.85. The van der Waals surface area contributed by atoms with E-state index in [1.54, 1.807) is 18.2 Å². The second kappa shape index (κ2) is 8.76. The predicted octanol–water partition coefficient (Wildman–Crippen LogP) is 3.50. The number of nitrogens with one attached hydrogen (secondary N) is 1. The molecule has 1 saturated heterocycles. The molecule has 0 unspecified atom stereocenters. The average Bonchev–Trinajstić information content (AvgIpc) is 2.77. The molecule has 3 aromatic rings. The van der Waals surface area contributed by atoms with Crippen LogP contribution in [0.2, 0.25) is 0 Å². The predicted molar refractivity (Wildman–Crippen MR) is 108 cm³/mol. The molecule has 1 aliphatic rings. The molecule has 1 amide bonds. The standard InChI is InChI=1S/C21H19F3N4O3/c22-21(23,24)14-5-6-18(28-7-9-30-10-8-28)17(11-14)27-19(29)12-31-20-15-3-1-2-4-16(15)25-13-26-20/h1-6,11,13H,7-10,12H2,(H,27,29). The van der Waals surface area contributed by atoms with Crippen molar-refractivity contribution < 1.29 is 27.4 Å². The molecule has 1 N–H and O–H groups in total. The van der Waals surface area contributed by atoms with Crippen molar-refractivity contribution in [2.45, 2.75) is 6.18 Å². The Morgan fingerprint density at radius 2 is 1.90 bits per heavy atom. The third-order valence-electron chi connectivity index (χ3n) is 4.80. The molecule has 0 radical (unpaired) electrons. The Labute approximate surface area is 175 Å². The molecule has 0 aliphatic carbocycles. The zero-order valence-electron chi connectivity index (χ0n) is 16.4. The molecule has 1 aliphatic heterocycles. The summed E-state index contributed by atoms with van der Waals surface area (Å²) >= 11 is 0. The van der Waals surface area contributed by atoms with Crippen molar-refractivity contribution in [3.8, 4) is 5.88 Å². The van der Waals surface area contributed by atoms with Crippen LogP contribution in [0.5, 0.6) is 5.88 Å². The molecule has 10 heteroatoms. The molecule has 4 rings (SSSR count). The lowest BCUT2D eigenvalue weighted by Gasteiger charge is -2.31. The number of carbonyl (C=O) groups is 1. The highest BCUT2D eigenvalue weighted by molar-refractivity contribution is 5.96. The first kappa shape index (κ1) is 20.9. The Balaban J connectivity index is 1.53. The number of fused-ring (bicyclic) bond motifs is 1. The van der Waals surface area contributed by atoms with Crippen LogP contribution in [0.25, 0.3) is 10.9 Å². The van der Waals surface area contributed by atoms with Crippen molar-refractivity contribution in [2.75, 3.05) is 43.1 Å². The number of ether oxygens (including phenoxy) is 2. The normalized spacial score (nSPS) is 14.5. The van der Waals surface area contributed by atoms with Gasteiger partial charge in [-0.15, -0.1) is 0 Å². The lowest BCUT2D eigenvalue weighted by atomic mass is 10.1. The number of anilines is 2. The van der Waals surface area contributed by atoms with Gasteiger partial charge < -0.3 is 19.7 Å². The molecular weight excluding hydrogens is 413 g/mol. The van der Waals surface area contributed by atoms with Crippen molar-refractivity contribution in [1.29, 1.82) is 0 Å². The van der Waals surface area contributed by atoms with Crippen LogP contribution in [-0.2, 0) is 15.7 Å². The number of benzene rings is 2. The number of halogens is 3. The summed E-state index contributed by atoms with van der Waals surface area (Å²) in [6.45, 7) is 1.52. The average molecular weight is 432 g/mol. The summed E-state index contributed by atoms with van der Waals surface area (Å²) in [7, 11) is 0. The van der Waals surface area contributed by atoms with Gasteiger partial charge in [-0.3, -0.25) is 4.79 Å². The summed E-state index contributed by atoms with van der Waals surface area (Å²) in [5, 5.41) is 3.18. The van der Waals surface area contributed by atoms with Crippen molar-refractivity contribution in [3.63, 3.8) is 0 Å². The van der Waals surface area contributed by atoms with Crippen LogP contribution in [-0.4, -0.2) is 48.8 Å². The van der Waals surface area contributed by atoms with Crippen molar-refractivity contribution in [3.05, 3.63) is 54.4 Å². The van der Waals surface area contributed by atoms with Crippen LogP contribution in [0.15, 0.2) is 48.8 Å². The summed E-state index contributed by atoms with van der Waals surface area (Å²) in [5.74, 6) is -0.380. The molecule has 0 saturated carbocycles. The zero-order valence-corrected chi connectivity index (χ0v) is 16.4. The molecule has 31 heavy (non-hydrogen) atoms. The van der Waals surface area contributed by atoms with E-state index in [-0.39, 0.29) is 11.6 Å². The van der Waals surface area contributed by atoms with Crippen LogP contribution in [0, 0.1) is 0 Å². The second-order valence-electron chi connectivity index (χ2n) is 6.86. The molecule has 2 heterocycles. The minimum absolute atomic E-state index is 0.0675. The van der Waals surface area contributed by atoms with E-state index < -0.39 is 24.3 Å². The van der Waals surface area contributed by atoms with Crippen molar-refractivity contribution in [2.24, 2.45) is 0 Å². The summed E-state index contributed by atoms with van der Waals surface area (Å²) < 4.78 is 50.5. The van der Waals surface area contributed by atoms with Crippen molar-refractivity contribution >= 4 is 28.2 Å². The van der Waals surface area contributed by atoms with Gasteiger partial charge in [0.2, 0.25) is 5.88 Å². The fourth-order valence-electron chi connectivity index (χ4n) is 3.31. The van der Waals surface area contributed by atoms with E-state index >= 15 is 0 Å². The minimum atomic E-state index is -4.53. The highest BCUT2D eigenvalue weighted by atomic mass is 19.4. The summed E-state index contributed by atoms with van der Waals surface area (Å²) in [6, 6.07) is 10.4. The molecule has 1 aromatic heterocycles. The fraction of sp³-hybridized carbons (Fsp3) is 0.286. The molecular formula is C21H19F3N4O3. The van der Waals surface area contributed by atoms with E-state index in [1.165, 1.54) is 12.4 Å². The molecule has 0 atom stereocenters. The van der Waals surface area contributed by atoms with E-state index in [1.807, 2.05) is 11.0 Å². The third-order valence-corrected chi connectivity index (χ3v) is 4.80. The van der Waals surface area contributed by atoms with Crippen molar-refractivity contribution in [1.82, 2.24) is 9.97 Å². The van der Waals surface area contributed by atoms with Gasteiger partial charge in [0.1, 0.15) is 6.33 Å². The molecule has 1 fully saturated rings. The first-order chi connectivity index (χ1) is 14.9. The maximum absolute atomic E-state index is 13.2. The van der Waals surface area contributed by atoms with E-state index in [2.05, 4.69) is 15.3 Å². The number of hydrogen-bond acceptors (Lipinski definition) is 6. The summed E-state index contributed by atoms with van der Waals surface area (Å²) in [6.07, 6.45) is -3.21. The Morgan fingerprint density at radius 3 is 2.68 bits per heavy atom. The van der Waals surface area contributed by atoms with E-state index in [9.17, 15) is 18.0 Å². The summed E-state index contributed by atoms with van der Waals surface area (Å²) in [5.41, 5.74) is 0.373. The Morgan fingerprint density at radius 1 is 1.13 bits per heavy atom. The second-order valence-corrected chi connectivity index (χ2v) is 6.86. The van der Waals surface area contributed by atoms with Gasteiger partial charge >= 0.3 is 6.18 Å². The topological polar surface area (TPSA) is 76.6 Å². The largest absolute Gasteiger partial charge is 0.467 e. The van der Waals surface area contributed by atoms with Gasteiger partial charge in [0.05, 0.1) is 41.1 Å². The van der Waals surface area contributed by atoms with Crippen LogP contribution in [0.1, 0.15) is 5.56 Å². The van der Waals surface area contributed by atoms with E-state index in [0.29, 0.717) is 42.9 Å². The smallest absolute Gasteiger partial charge is 0.416 e. The number of rotatable bonds is 5. The number of nitrogens with zero attached hydrogens (tertiary/aromatic N) is 3. The number of hydrogen-bond donors (Lipinski definition) is 1. The lowest BCUT2D eigenvalue weighted by Crippen LogP contribution is -2.37. The molecule has 162 valence electrons. The van der Waals surface area contributed by atoms with Crippen LogP contribution in [0.4, 0.5) is 24.5 Å². The lowest BCUT2D eigenvalue weighted by molar-refractivity contribution is -0.137. The Kier molecular flexibility index (Phi) is 5.90. The number of para-hydroxylation sites is 1. The Bertz CT molecular complexity index is 1080. The van der Waals surface area contributed by atoms with Crippen LogP contribution in [0.3, 0.4) is 0 Å². The van der Waals surface area contributed by atoms with Gasteiger partial charge in [-0.2, -0.15) is 13.2 Å². The van der Waals surface area contributed by atoms with Gasteiger partial charge in [-0.25, -0.2) is 9.97 Å². The molecule has 2 aromatic carbocycles. The number of carbonyl (C=O) groups excluding carboxylic acids is 1. The highest BCUT2D eigenvalue weighted by Gasteiger charge is 2.32. The van der Waals surface area contributed by atoms with Crippen LogP contribution >= 0.6 is 0 Å². The quantitative estimate of drug-likeness (QED) is 0.665. The van der Waals surface area contributed by atoms with Gasteiger partial charge in [0.25, 0.3) is 5.91 Å². The SMILES string of the molecule is O=C(COc1ncnc2ccccc12)Nc1cc(C(F)(F)F)ccc1N1CCOCC1. The number of aromatic nitrogens is 2. The van der Waals surface area contributed by atoms with Crippen LogP contribution < -0.4 is 15.0 Å². The number of morpholine rings is 1. The van der Waals surface area contributed by atoms with Gasteiger partial charge in [-0.1, -0.05) is 12.1 Å². The molecule has 0 spiro atoms. The van der Waals surface area contributed by atoms with Gasteiger partial charge in [0, 0.05) is 13.1 Å². The number of amides is 1. The maximum atomic E-state index is 13.2. The monoisotopic (exact) mass is 432 g/mol. The Hall–Kier alpha value is -3.40. The fourth-order valence-corrected chi connectivity index (χ4v) is 3.31. The minimum Gasteiger partial charge on any atom is -0.467 e. The van der Waals surface area contributed by atoms with E-state index in [4.69, 9.17) is 9.47 Å². The molecule has 0 bridgehead atoms. The molecule has 7 nitrogen and oxygen atoms in total. The maximum Gasteiger partial charge on any atom is 0.416 e.